The van der Waals surface area contributed by atoms with Crippen molar-refractivity contribution in [3.05, 3.63) is 28.1 Å². The van der Waals surface area contributed by atoms with Crippen molar-refractivity contribution in [1.29, 1.82) is 0 Å². The van der Waals surface area contributed by atoms with E-state index >= 15 is 0 Å². The van der Waals surface area contributed by atoms with Gasteiger partial charge in [0.2, 0.25) is 5.75 Å². The molecule has 0 saturated carbocycles. The van der Waals surface area contributed by atoms with Gasteiger partial charge >= 0.3 is 5.69 Å². The first-order chi connectivity index (χ1) is 6.06. The molecule has 1 aromatic rings. The van der Waals surface area contributed by atoms with E-state index in [0.717, 1.165) is 12.1 Å². The third-order valence-electron chi connectivity index (χ3n) is 1.47. The van der Waals surface area contributed by atoms with Gasteiger partial charge in [-0.05, 0) is 0 Å². The van der Waals surface area contributed by atoms with E-state index in [1.807, 2.05) is 0 Å². The van der Waals surface area contributed by atoms with Crippen molar-refractivity contribution < 1.29 is 14.1 Å². The van der Waals surface area contributed by atoms with Crippen LogP contribution >= 0.6 is 0 Å². The van der Waals surface area contributed by atoms with Gasteiger partial charge in [0.25, 0.3) is 0 Å². The van der Waals surface area contributed by atoms with Gasteiger partial charge in [0.15, 0.2) is 0 Å². The summed E-state index contributed by atoms with van der Waals surface area (Å²) in [5, 5.41) is 10.4. The predicted molar refractivity (Wildman–Crippen MR) is 44.0 cm³/mol. The summed E-state index contributed by atoms with van der Waals surface area (Å²) in [7, 11) is 1.21. The summed E-state index contributed by atoms with van der Waals surface area (Å²) < 4.78 is 17.3. The van der Waals surface area contributed by atoms with Gasteiger partial charge < -0.3 is 10.5 Å². The molecule has 0 aromatic heterocycles. The molecule has 2 N–H and O–H groups in total. The predicted octanol–water partition coefficient (Wildman–Crippen LogP) is 1.32. The smallest absolute Gasteiger partial charge is 0.333 e. The van der Waals surface area contributed by atoms with E-state index in [9.17, 15) is 14.5 Å². The van der Waals surface area contributed by atoms with Gasteiger partial charge in [-0.2, -0.15) is 0 Å². The number of hydrogen-bond donors (Lipinski definition) is 1. The second-order valence-corrected chi connectivity index (χ2v) is 2.30. The number of rotatable bonds is 2. The lowest BCUT2D eigenvalue weighted by Gasteiger charge is -2.03. The highest BCUT2D eigenvalue weighted by molar-refractivity contribution is 5.65. The molecule has 6 heteroatoms. The molecule has 1 aromatic carbocycles. The number of methoxy groups -OCH3 is 1. The summed E-state index contributed by atoms with van der Waals surface area (Å²) in [6, 6.07) is 1.79. The normalized spacial score (nSPS) is 9.69. The molecule has 13 heavy (non-hydrogen) atoms. The molecule has 0 aliphatic heterocycles. The van der Waals surface area contributed by atoms with E-state index in [0.29, 0.717) is 0 Å². The minimum Gasteiger partial charge on any atom is -0.490 e. The number of nitro groups is 1. The second-order valence-electron chi connectivity index (χ2n) is 2.30. The highest BCUT2D eigenvalue weighted by Crippen LogP contribution is 2.33. The highest BCUT2D eigenvalue weighted by Gasteiger charge is 2.20. The van der Waals surface area contributed by atoms with E-state index in [2.05, 4.69) is 4.74 Å². The number of nitrogen functional groups attached to an aromatic ring is 1. The van der Waals surface area contributed by atoms with Crippen LogP contribution in [0.15, 0.2) is 12.1 Å². The summed E-state index contributed by atoms with van der Waals surface area (Å²) in [4.78, 5) is 9.72. The number of hydrogen-bond acceptors (Lipinski definition) is 4. The number of nitrogens with zero attached hydrogens (tertiary/aromatic N) is 1. The third-order valence-corrected chi connectivity index (χ3v) is 1.47. The SMILES string of the molecule is COc1cc(F)cc(N)c1[N+](=O)[O-]. The maximum Gasteiger partial charge on any atom is 0.333 e. The standard InChI is InChI=1S/C7H7FN2O3/c1-13-6-3-4(8)2-5(9)7(6)10(11)12/h2-3H,9H2,1H3. The maximum atomic E-state index is 12.7. The van der Waals surface area contributed by atoms with E-state index < -0.39 is 16.4 Å². The zero-order valence-corrected chi connectivity index (χ0v) is 6.78. The first-order valence-corrected chi connectivity index (χ1v) is 3.33. The lowest BCUT2D eigenvalue weighted by atomic mass is 10.2. The molecule has 0 aliphatic rings. The van der Waals surface area contributed by atoms with Crippen LogP contribution in [0.4, 0.5) is 15.8 Å². The van der Waals surface area contributed by atoms with Crippen LogP contribution in [-0.2, 0) is 0 Å². The first kappa shape index (κ1) is 9.24. The Bertz CT molecular complexity index is 354. The van der Waals surface area contributed by atoms with E-state index in [1.54, 1.807) is 0 Å². The first-order valence-electron chi connectivity index (χ1n) is 3.33. The molecular formula is C7H7FN2O3. The molecule has 0 radical (unpaired) electrons. The number of nitro benzene ring substituents is 1. The summed E-state index contributed by atoms with van der Waals surface area (Å²) >= 11 is 0. The van der Waals surface area contributed by atoms with Crippen LogP contribution in [0.25, 0.3) is 0 Å². The van der Waals surface area contributed by atoms with Crippen LogP contribution in [0.2, 0.25) is 0 Å². The minimum atomic E-state index is -0.715. The maximum absolute atomic E-state index is 12.7. The third kappa shape index (κ3) is 1.66. The lowest BCUT2D eigenvalue weighted by Crippen LogP contribution is -1.99. The molecule has 0 heterocycles. The van der Waals surface area contributed by atoms with Gasteiger partial charge in [0.05, 0.1) is 12.0 Å². The molecule has 70 valence electrons. The molecule has 1 rings (SSSR count). The van der Waals surface area contributed by atoms with Crippen LogP contribution in [0.5, 0.6) is 5.75 Å². The van der Waals surface area contributed by atoms with Gasteiger partial charge in [0.1, 0.15) is 11.5 Å². The molecule has 0 unspecified atom stereocenters. The van der Waals surface area contributed by atoms with Crippen LogP contribution in [-0.4, -0.2) is 12.0 Å². The van der Waals surface area contributed by atoms with Crippen LogP contribution in [0, 0.1) is 15.9 Å². The van der Waals surface area contributed by atoms with Crippen molar-refractivity contribution in [2.24, 2.45) is 0 Å². The topological polar surface area (TPSA) is 78.4 Å². The monoisotopic (exact) mass is 186 g/mol. The van der Waals surface area contributed by atoms with Crippen molar-refractivity contribution in [2.75, 3.05) is 12.8 Å². The van der Waals surface area contributed by atoms with E-state index in [4.69, 9.17) is 5.73 Å². The van der Waals surface area contributed by atoms with Crippen molar-refractivity contribution >= 4 is 11.4 Å². The number of halogens is 1. The Balaban J connectivity index is 3.38. The van der Waals surface area contributed by atoms with Crippen molar-refractivity contribution in [3.63, 3.8) is 0 Å². The quantitative estimate of drug-likeness (QED) is 0.429. The largest absolute Gasteiger partial charge is 0.490 e. The molecule has 0 atom stereocenters. The highest BCUT2D eigenvalue weighted by atomic mass is 19.1. The molecule has 5 nitrogen and oxygen atoms in total. The fourth-order valence-corrected chi connectivity index (χ4v) is 0.945. The number of nitrogens with two attached hydrogens (primary N) is 1. The Kier molecular flexibility index (Phi) is 2.32. The summed E-state index contributed by atoms with van der Waals surface area (Å²) in [5.74, 6) is -0.845. The fraction of sp³-hybridized carbons (Fsp3) is 0.143. The van der Waals surface area contributed by atoms with Gasteiger partial charge in [-0.25, -0.2) is 4.39 Å². The molecule has 0 spiro atoms. The molecular weight excluding hydrogens is 179 g/mol. The Morgan fingerprint density at radius 3 is 2.69 bits per heavy atom. The minimum absolute atomic E-state index is 0.178. The van der Waals surface area contributed by atoms with Crippen LogP contribution in [0.1, 0.15) is 0 Å². The average Bonchev–Trinajstić information content (AvgIpc) is 2.01. The Hall–Kier alpha value is -1.85. The van der Waals surface area contributed by atoms with Crippen LogP contribution in [0.3, 0.4) is 0 Å². The molecule has 0 amide bonds. The van der Waals surface area contributed by atoms with E-state index in [1.165, 1.54) is 7.11 Å². The molecule has 0 aliphatic carbocycles. The Morgan fingerprint density at radius 1 is 1.62 bits per heavy atom. The number of ether oxygens (including phenoxy) is 1. The summed E-state index contributed by atoms with van der Waals surface area (Å²) in [6.45, 7) is 0. The van der Waals surface area contributed by atoms with Gasteiger partial charge in [0, 0.05) is 12.1 Å². The van der Waals surface area contributed by atoms with Gasteiger partial charge in [-0.15, -0.1) is 0 Å². The molecule has 0 fully saturated rings. The Labute approximate surface area is 73.1 Å². The Morgan fingerprint density at radius 2 is 2.23 bits per heavy atom. The van der Waals surface area contributed by atoms with Crippen molar-refractivity contribution in [3.8, 4) is 5.75 Å². The lowest BCUT2D eigenvalue weighted by molar-refractivity contribution is -0.384. The number of benzene rings is 1. The van der Waals surface area contributed by atoms with Crippen LogP contribution < -0.4 is 10.5 Å². The van der Waals surface area contributed by atoms with E-state index in [-0.39, 0.29) is 11.4 Å². The van der Waals surface area contributed by atoms with Crippen molar-refractivity contribution in [1.82, 2.24) is 0 Å². The zero-order chi connectivity index (χ0) is 10.0. The molecule has 0 bridgehead atoms. The average molecular weight is 186 g/mol. The summed E-state index contributed by atoms with van der Waals surface area (Å²) in [5.41, 5.74) is 4.58. The second kappa shape index (κ2) is 3.26. The van der Waals surface area contributed by atoms with Gasteiger partial charge in [-0.3, -0.25) is 10.1 Å². The number of anilines is 1. The molecule has 0 saturated heterocycles. The zero-order valence-electron chi connectivity index (χ0n) is 6.78. The van der Waals surface area contributed by atoms with Gasteiger partial charge in [-0.1, -0.05) is 0 Å². The summed E-state index contributed by atoms with van der Waals surface area (Å²) in [6.07, 6.45) is 0. The fourth-order valence-electron chi connectivity index (χ4n) is 0.945. The van der Waals surface area contributed by atoms with Crippen molar-refractivity contribution in [2.45, 2.75) is 0 Å².